The molecule has 0 saturated heterocycles. The topological polar surface area (TPSA) is 23.9 Å². The summed E-state index contributed by atoms with van der Waals surface area (Å²) >= 11 is 0. The fraction of sp³-hybridized carbons (Fsp3) is 0.286. The molecule has 0 amide bonds. The Morgan fingerprint density at radius 1 is 1.75 bits per heavy atom. The Labute approximate surface area is 50.2 Å². The average molecular weight is 109 g/mol. The zero-order valence-corrected chi connectivity index (χ0v) is 5.15. The van der Waals surface area contributed by atoms with E-state index in [9.17, 15) is 0 Å². The SMILES string of the molecule is C=CC(=CC=N)CC. The highest BCUT2D eigenvalue weighted by Crippen LogP contribution is 1.97. The van der Waals surface area contributed by atoms with E-state index in [2.05, 4.69) is 6.58 Å². The highest BCUT2D eigenvalue weighted by Gasteiger charge is 1.79. The average Bonchev–Trinajstić information content (AvgIpc) is 1.83. The largest absolute Gasteiger partial charge is 0.309 e. The minimum Gasteiger partial charge on any atom is -0.309 e. The Morgan fingerprint density at radius 2 is 2.38 bits per heavy atom. The molecular weight excluding hydrogens is 98.1 g/mol. The lowest BCUT2D eigenvalue weighted by atomic mass is 10.2. The lowest BCUT2D eigenvalue weighted by Gasteiger charge is -1.88. The molecule has 0 fully saturated rings. The molecule has 0 bridgehead atoms. The quantitative estimate of drug-likeness (QED) is 0.424. The van der Waals surface area contributed by atoms with E-state index in [0.717, 1.165) is 12.0 Å². The van der Waals surface area contributed by atoms with Gasteiger partial charge in [-0.25, -0.2) is 0 Å². The van der Waals surface area contributed by atoms with Crippen molar-refractivity contribution in [2.75, 3.05) is 0 Å². The van der Waals surface area contributed by atoms with E-state index in [4.69, 9.17) is 5.41 Å². The highest BCUT2D eigenvalue weighted by molar-refractivity contribution is 5.69. The van der Waals surface area contributed by atoms with E-state index < -0.39 is 0 Å². The van der Waals surface area contributed by atoms with Crippen LogP contribution in [0.3, 0.4) is 0 Å². The summed E-state index contributed by atoms with van der Waals surface area (Å²) in [6.07, 6.45) is 5.75. The van der Waals surface area contributed by atoms with Crippen molar-refractivity contribution in [1.82, 2.24) is 0 Å². The van der Waals surface area contributed by atoms with Gasteiger partial charge in [-0.05, 0) is 18.1 Å². The maximum absolute atomic E-state index is 6.69. The van der Waals surface area contributed by atoms with E-state index >= 15 is 0 Å². The lowest BCUT2D eigenvalue weighted by molar-refractivity contribution is 1.15. The van der Waals surface area contributed by atoms with Gasteiger partial charge in [0.25, 0.3) is 0 Å². The van der Waals surface area contributed by atoms with Crippen LogP contribution in [0.2, 0.25) is 0 Å². The van der Waals surface area contributed by atoms with Crippen LogP contribution in [0.5, 0.6) is 0 Å². The van der Waals surface area contributed by atoms with Crippen molar-refractivity contribution < 1.29 is 0 Å². The van der Waals surface area contributed by atoms with Crippen molar-refractivity contribution >= 4 is 6.21 Å². The van der Waals surface area contributed by atoms with Crippen LogP contribution in [0, 0.1) is 5.41 Å². The molecule has 0 radical (unpaired) electrons. The highest BCUT2D eigenvalue weighted by atomic mass is 14.3. The molecule has 8 heavy (non-hydrogen) atoms. The fourth-order valence-corrected chi connectivity index (χ4v) is 0.437. The molecule has 0 aromatic rings. The van der Waals surface area contributed by atoms with Gasteiger partial charge in [0.1, 0.15) is 0 Å². The third kappa shape index (κ3) is 2.35. The van der Waals surface area contributed by atoms with E-state index in [1.165, 1.54) is 6.21 Å². The minimum absolute atomic E-state index is 0.957. The predicted molar refractivity (Wildman–Crippen MR) is 37.4 cm³/mol. The van der Waals surface area contributed by atoms with Crippen LogP contribution in [-0.4, -0.2) is 6.21 Å². The van der Waals surface area contributed by atoms with E-state index in [0.29, 0.717) is 0 Å². The molecule has 0 aromatic heterocycles. The Balaban J connectivity index is 3.84. The first-order valence-electron chi connectivity index (χ1n) is 2.67. The Morgan fingerprint density at radius 3 is 2.50 bits per heavy atom. The third-order valence-electron chi connectivity index (χ3n) is 0.968. The second kappa shape index (κ2) is 4.31. The molecule has 0 aliphatic carbocycles. The molecular formula is C7H11N. The van der Waals surface area contributed by atoms with Gasteiger partial charge >= 0.3 is 0 Å². The van der Waals surface area contributed by atoms with Crippen molar-refractivity contribution in [3.8, 4) is 0 Å². The molecule has 1 N–H and O–H groups in total. The zero-order valence-electron chi connectivity index (χ0n) is 5.15. The summed E-state index contributed by atoms with van der Waals surface area (Å²) < 4.78 is 0. The smallest absolute Gasteiger partial charge is 0.0180 e. The second-order valence-electron chi connectivity index (χ2n) is 1.47. The van der Waals surface area contributed by atoms with Crippen molar-refractivity contribution in [3.05, 3.63) is 24.3 Å². The van der Waals surface area contributed by atoms with Crippen LogP contribution in [0.1, 0.15) is 13.3 Å². The molecule has 0 aromatic carbocycles. The number of nitrogens with one attached hydrogen (secondary N) is 1. The predicted octanol–water partition coefficient (Wildman–Crippen LogP) is 2.16. The van der Waals surface area contributed by atoms with E-state index in [1.54, 1.807) is 12.2 Å². The van der Waals surface area contributed by atoms with Crippen molar-refractivity contribution in [2.24, 2.45) is 0 Å². The third-order valence-corrected chi connectivity index (χ3v) is 0.968. The molecule has 0 spiro atoms. The molecule has 0 heterocycles. The number of rotatable bonds is 3. The molecule has 0 unspecified atom stereocenters. The summed E-state index contributed by atoms with van der Waals surface area (Å²) in [5.74, 6) is 0. The monoisotopic (exact) mass is 109 g/mol. The summed E-state index contributed by atoms with van der Waals surface area (Å²) in [6.45, 7) is 5.62. The van der Waals surface area contributed by atoms with Gasteiger partial charge in [-0.1, -0.05) is 19.6 Å². The first-order valence-corrected chi connectivity index (χ1v) is 2.67. The van der Waals surface area contributed by atoms with Crippen LogP contribution < -0.4 is 0 Å². The Hall–Kier alpha value is -0.850. The van der Waals surface area contributed by atoms with Gasteiger partial charge in [0.2, 0.25) is 0 Å². The standard InChI is InChI=1S/C7H11N/c1-3-7(4-2)5-6-8/h3,5-6,8H,1,4H2,2H3. The maximum atomic E-state index is 6.69. The van der Waals surface area contributed by atoms with E-state index in [-0.39, 0.29) is 0 Å². The molecule has 44 valence electrons. The molecule has 0 rings (SSSR count). The van der Waals surface area contributed by atoms with E-state index in [1.807, 2.05) is 6.92 Å². The normalized spacial score (nSPS) is 10.9. The molecule has 1 heteroatoms. The Bertz CT molecular complexity index is 112. The Kier molecular flexibility index (Phi) is 3.85. The number of allylic oxidation sites excluding steroid dienone is 3. The summed E-state index contributed by atoms with van der Waals surface area (Å²) in [6, 6.07) is 0. The first-order chi connectivity index (χ1) is 3.85. The second-order valence-corrected chi connectivity index (χ2v) is 1.47. The van der Waals surface area contributed by atoms with Gasteiger partial charge in [-0.2, -0.15) is 0 Å². The van der Waals surface area contributed by atoms with Crippen LogP contribution in [0.15, 0.2) is 24.3 Å². The number of hydrogen-bond acceptors (Lipinski definition) is 1. The number of hydrogen-bond donors (Lipinski definition) is 1. The summed E-state index contributed by atoms with van der Waals surface area (Å²) in [5, 5.41) is 6.69. The zero-order chi connectivity index (χ0) is 6.41. The van der Waals surface area contributed by atoms with Crippen LogP contribution in [0.4, 0.5) is 0 Å². The van der Waals surface area contributed by atoms with Gasteiger partial charge in [0.15, 0.2) is 0 Å². The molecule has 0 aliphatic rings. The van der Waals surface area contributed by atoms with Crippen LogP contribution in [-0.2, 0) is 0 Å². The van der Waals surface area contributed by atoms with Gasteiger partial charge in [0, 0.05) is 6.21 Å². The van der Waals surface area contributed by atoms with Crippen LogP contribution in [0.25, 0.3) is 0 Å². The lowest BCUT2D eigenvalue weighted by Crippen LogP contribution is -1.72. The maximum Gasteiger partial charge on any atom is 0.0180 e. The molecule has 0 aliphatic heterocycles. The molecule has 0 saturated carbocycles. The van der Waals surface area contributed by atoms with Gasteiger partial charge in [-0.15, -0.1) is 0 Å². The van der Waals surface area contributed by atoms with Crippen molar-refractivity contribution in [2.45, 2.75) is 13.3 Å². The molecule has 0 atom stereocenters. The van der Waals surface area contributed by atoms with Crippen LogP contribution >= 0.6 is 0 Å². The first kappa shape index (κ1) is 7.15. The fourth-order valence-electron chi connectivity index (χ4n) is 0.437. The summed E-state index contributed by atoms with van der Waals surface area (Å²) in [7, 11) is 0. The van der Waals surface area contributed by atoms with Gasteiger partial charge < -0.3 is 5.41 Å². The van der Waals surface area contributed by atoms with Crippen molar-refractivity contribution in [3.63, 3.8) is 0 Å². The summed E-state index contributed by atoms with van der Waals surface area (Å²) in [4.78, 5) is 0. The minimum atomic E-state index is 0.957. The van der Waals surface area contributed by atoms with Gasteiger partial charge in [0.05, 0.1) is 0 Å². The summed E-state index contributed by atoms with van der Waals surface area (Å²) in [5.41, 5.74) is 1.11. The molecule has 1 nitrogen and oxygen atoms in total. The van der Waals surface area contributed by atoms with Crippen molar-refractivity contribution in [1.29, 1.82) is 5.41 Å². The van der Waals surface area contributed by atoms with Gasteiger partial charge in [-0.3, -0.25) is 0 Å².